The molecular formula is C21H16ClN3O2S2. The third-order valence-corrected chi connectivity index (χ3v) is 6.09. The maximum atomic E-state index is 12.5. The van der Waals surface area contributed by atoms with Gasteiger partial charge in [0, 0.05) is 23.6 Å². The molecule has 0 spiro atoms. The molecule has 146 valence electrons. The average molecular weight is 442 g/mol. The molecule has 2 aromatic carbocycles. The van der Waals surface area contributed by atoms with Gasteiger partial charge in [-0.05, 0) is 53.2 Å². The maximum Gasteiger partial charge on any atom is 0.266 e. The Kier molecular flexibility index (Phi) is 5.99. The Bertz CT molecular complexity index is 1060. The van der Waals surface area contributed by atoms with Gasteiger partial charge in [0.05, 0.1) is 4.91 Å². The van der Waals surface area contributed by atoms with E-state index in [-0.39, 0.29) is 5.91 Å². The van der Waals surface area contributed by atoms with Gasteiger partial charge in [-0.25, -0.2) is 4.98 Å². The van der Waals surface area contributed by atoms with E-state index in [0.717, 1.165) is 16.9 Å². The second-order valence-electron chi connectivity index (χ2n) is 6.17. The largest absolute Gasteiger partial charge is 0.489 e. The van der Waals surface area contributed by atoms with Crippen molar-refractivity contribution in [2.45, 2.75) is 6.61 Å². The second-order valence-corrected chi connectivity index (χ2v) is 8.49. The minimum Gasteiger partial charge on any atom is -0.489 e. The molecule has 1 amide bonds. The monoisotopic (exact) mass is 441 g/mol. The number of amidine groups is 1. The number of carbonyl (C=O) groups excluding carboxylic acids is 1. The summed E-state index contributed by atoms with van der Waals surface area (Å²) in [4.78, 5) is 23.2. The van der Waals surface area contributed by atoms with E-state index in [9.17, 15) is 4.79 Å². The fraction of sp³-hybridized carbons (Fsp3) is 0.0952. The van der Waals surface area contributed by atoms with E-state index in [1.54, 1.807) is 18.1 Å². The smallest absolute Gasteiger partial charge is 0.266 e. The summed E-state index contributed by atoms with van der Waals surface area (Å²) in [5.41, 5.74) is 1.97. The molecule has 0 atom stereocenters. The highest BCUT2D eigenvalue weighted by Gasteiger charge is 2.30. The van der Waals surface area contributed by atoms with Gasteiger partial charge in [-0.15, -0.1) is 11.3 Å². The van der Waals surface area contributed by atoms with Crippen LogP contribution in [0.1, 0.15) is 11.1 Å². The third kappa shape index (κ3) is 4.87. The van der Waals surface area contributed by atoms with Crippen LogP contribution in [0.15, 0.2) is 70.0 Å². The molecule has 4 rings (SSSR count). The Morgan fingerprint density at radius 3 is 2.62 bits per heavy atom. The van der Waals surface area contributed by atoms with Crippen LogP contribution in [0.2, 0.25) is 5.02 Å². The van der Waals surface area contributed by atoms with Gasteiger partial charge in [-0.2, -0.15) is 4.99 Å². The Morgan fingerprint density at radius 1 is 1.17 bits per heavy atom. The number of aromatic nitrogens is 1. The number of likely N-dealkylation sites (N-methyl/N-ethyl adjacent to an activating group) is 1. The first kappa shape index (κ1) is 19.7. The fourth-order valence-corrected chi connectivity index (χ4v) is 4.22. The van der Waals surface area contributed by atoms with Crippen LogP contribution in [-0.4, -0.2) is 28.0 Å². The van der Waals surface area contributed by atoms with Gasteiger partial charge >= 0.3 is 0 Å². The van der Waals surface area contributed by atoms with E-state index in [4.69, 9.17) is 16.3 Å². The zero-order valence-corrected chi connectivity index (χ0v) is 17.8. The zero-order chi connectivity index (χ0) is 20.2. The van der Waals surface area contributed by atoms with Crippen LogP contribution in [0.3, 0.4) is 0 Å². The lowest BCUT2D eigenvalue weighted by atomic mass is 10.2. The molecule has 1 fully saturated rings. The summed E-state index contributed by atoms with van der Waals surface area (Å²) in [7, 11) is 1.72. The van der Waals surface area contributed by atoms with Gasteiger partial charge in [0.25, 0.3) is 5.91 Å². The normalized spacial score (nSPS) is 16.8. The number of nitrogens with zero attached hydrogens (tertiary/aromatic N) is 3. The predicted octanol–water partition coefficient (Wildman–Crippen LogP) is 5.61. The lowest BCUT2D eigenvalue weighted by Gasteiger charge is -2.07. The van der Waals surface area contributed by atoms with Gasteiger partial charge in [0.1, 0.15) is 12.4 Å². The van der Waals surface area contributed by atoms with Crippen molar-refractivity contribution in [1.82, 2.24) is 9.88 Å². The molecular weight excluding hydrogens is 426 g/mol. The summed E-state index contributed by atoms with van der Waals surface area (Å²) in [6.45, 7) is 0.466. The number of hydrogen-bond acceptors (Lipinski definition) is 6. The van der Waals surface area contributed by atoms with Crippen molar-refractivity contribution in [2.24, 2.45) is 4.99 Å². The van der Waals surface area contributed by atoms with Crippen molar-refractivity contribution in [3.05, 3.63) is 81.2 Å². The number of carbonyl (C=O) groups is 1. The fourth-order valence-electron chi connectivity index (χ4n) is 2.56. The molecule has 5 nitrogen and oxygen atoms in total. The Balaban J connectivity index is 1.43. The third-order valence-electron chi connectivity index (χ3n) is 4.11. The molecule has 2 heterocycles. The quantitative estimate of drug-likeness (QED) is 0.483. The number of hydrogen-bond donors (Lipinski definition) is 0. The van der Waals surface area contributed by atoms with Crippen molar-refractivity contribution in [1.29, 1.82) is 0 Å². The number of aliphatic imine (C=N–C) groups is 1. The SMILES string of the molecule is CN1C(=O)/C(=C/c2ccc(OCc3ccc(Cl)cc3)cc2)S/C1=N/c1nccs1. The van der Waals surface area contributed by atoms with Crippen LogP contribution in [0, 0.1) is 0 Å². The molecule has 0 N–H and O–H groups in total. The summed E-state index contributed by atoms with van der Waals surface area (Å²) in [5.74, 6) is 0.684. The van der Waals surface area contributed by atoms with Crippen LogP contribution in [0.25, 0.3) is 6.08 Å². The van der Waals surface area contributed by atoms with E-state index in [1.165, 1.54) is 23.1 Å². The first-order valence-electron chi connectivity index (χ1n) is 8.71. The molecule has 29 heavy (non-hydrogen) atoms. The van der Waals surface area contributed by atoms with Crippen molar-refractivity contribution < 1.29 is 9.53 Å². The predicted molar refractivity (Wildman–Crippen MR) is 120 cm³/mol. The van der Waals surface area contributed by atoms with Crippen molar-refractivity contribution in [2.75, 3.05) is 7.05 Å². The second kappa shape index (κ2) is 8.82. The molecule has 1 aliphatic rings. The molecule has 0 radical (unpaired) electrons. The molecule has 0 bridgehead atoms. The molecule has 1 saturated heterocycles. The number of ether oxygens (including phenoxy) is 1. The molecule has 0 saturated carbocycles. The lowest BCUT2D eigenvalue weighted by Crippen LogP contribution is -2.23. The van der Waals surface area contributed by atoms with E-state index >= 15 is 0 Å². The highest BCUT2D eigenvalue weighted by molar-refractivity contribution is 8.18. The topological polar surface area (TPSA) is 54.8 Å². The number of thiazole rings is 1. The van der Waals surface area contributed by atoms with Gasteiger partial charge in [0.15, 0.2) is 5.17 Å². The van der Waals surface area contributed by atoms with Crippen molar-refractivity contribution in [3.8, 4) is 5.75 Å². The Hall–Kier alpha value is -2.61. The maximum absolute atomic E-state index is 12.5. The highest BCUT2D eigenvalue weighted by Crippen LogP contribution is 2.33. The van der Waals surface area contributed by atoms with Crippen LogP contribution in [-0.2, 0) is 11.4 Å². The standard InChI is InChI=1S/C21H16ClN3O2S2/c1-25-19(26)18(29-21(25)24-20-23-10-11-28-20)12-14-4-8-17(9-5-14)27-13-15-2-6-16(22)7-3-15/h2-12H,13H2,1H3/b18-12-,24-21+. The first-order chi connectivity index (χ1) is 14.1. The number of halogens is 1. The van der Waals surface area contributed by atoms with Crippen LogP contribution >= 0.6 is 34.7 Å². The summed E-state index contributed by atoms with van der Waals surface area (Å²) in [6.07, 6.45) is 3.55. The molecule has 0 aliphatic carbocycles. The van der Waals surface area contributed by atoms with E-state index < -0.39 is 0 Å². The average Bonchev–Trinajstić information content (AvgIpc) is 3.33. The minimum atomic E-state index is -0.0756. The van der Waals surface area contributed by atoms with Crippen molar-refractivity contribution >= 4 is 57.0 Å². The van der Waals surface area contributed by atoms with Gasteiger partial charge in [-0.1, -0.05) is 35.9 Å². The van der Waals surface area contributed by atoms with E-state index in [2.05, 4.69) is 9.98 Å². The van der Waals surface area contributed by atoms with Crippen LogP contribution < -0.4 is 4.74 Å². The van der Waals surface area contributed by atoms with E-state index in [1.807, 2.05) is 60.0 Å². The Morgan fingerprint density at radius 2 is 1.93 bits per heavy atom. The van der Waals surface area contributed by atoms with E-state index in [0.29, 0.717) is 26.8 Å². The minimum absolute atomic E-state index is 0.0756. The van der Waals surface area contributed by atoms with Crippen LogP contribution in [0.4, 0.5) is 5.13 Å². The molecule has 1 aliphatic heterocycles. The molecule has 0 unspecified atom stereocenters. The number of rotatable bonds is 5. The van der Waals surface area contributed by atoms with Gasteiger partial charge in [-0.3, -0.25) is 9.69 Å². The summed E-state index contributed by atoms with van der Waals surface area (Å²) < 4.78 is 5.80. The zero-order valence-electron chi connectivity index (χ0n) is 15.4. The number of thioether (sulfide) groups is 1. The lowest BCUT2D eigenvalue weighted by molar-refractivity contribution is -0.121. The number of benzene rings is 2. The molecule has 8 heteroatoms. The molecule has 1 aromatic heterocycles. The van der Waals surface area contributed by atoms with Gasteiger partial charge in [0.2, 0.25) is 5.13 Å². The van der Waals surface area contributed by atoms with Gasteiger partial charge < -0.3 is 4.74 Å². The first-order valence-corrected chi connectivity index (χ1v) is 10.8. The van der Waals surface area contributed by atoms with Crippen molar-refractivity contribution in [3.63, 3.8) is 0 Å². The summed E-state index contributed by atoms with van der Waals surface area (Å²) in [6, 6.07) is 15.2. The Labute approximate surface area is 181 Å². The number of amides is 1. The summed E-state index contributed by atoms with van der Waals surface area (Å²) in [5, 5.41) is 3.82. The summed E-state index contributed by atoms with van der Waals surface area (Å²) >= 11 is 8.67. The molecule has 3 aromatic rings. The van der Waals surface area contributed by atoms with Crippen LogP contribution in [0.5, 0.6) is 5.75 Å². The highest BCUT2D eigenvalue weighted by atomic mass is 35.5.